The van der Waals surface area contributed by atoms with Crippen molar-refractivity contribution >= 4 is 56.9 Å². The minimum Gasteiger partial charge on any atom is -0.455 e. The number of fused-ring (bicyclic) bond motifs is 2. The van der Waals surface area contributed by atoms with Crippen LogP contribution in [0, 0.1) is 17.8 Å². The Labute approximate surface area is 299 Å². The lowest BCUT2D eigenvalue weighted by molar-refractivity contribution is -0.162. The molecule has 4 aliphatic rings. The Hall–Kier alpha value is -3.51. The van der Waals surface area contributed by atoms with Gasteiger partial charge in [-0.2, -0.15) is 0 Å². The number of cyclic esters (lactones) is 1. The highest BCUT2D eigenvalue weighted by Gasteiger charge is 2.75. The van der Waals surface area contributed by atoms with Gasteiger partial charge in [0.25, 0.3) is 5.91 Å². The largest absolute Gasteiger partial charge is 0.455 e. The van der Waals surface area contributed by atoms with Crippen LogP contribution < -0.4 is 10.2 Å². The monoisotopic (exact) mass is 753 g/mol. The van der Waals surface area contributed by atoms with Crippen LogP contribution in [0.4, 0.5) is 5.69 Å². The van der Waals surface area contributed by atoms with Crippen LogP contribution in [0.5, 0.6) is 0 Å². The Morgan fingerprint density at radius 1 is 1.04 bits per heavy atom. The van der Waals surface area contributed by atoms with Crippen molar-refractivity contribution < 1.29 is 33.8 Å². The topological polar surface area (TPSA) is 125 Å². The second-order valence-electron chi connectivity index (χ2n) is 13.2. The van der Waals surface area contributed by atoms with Crippen molar-refractivity contribution in [2.75, 3.05) is 18.1 Å². The van der Waals surface area contributed by atoms with Crippen molar-refractivity contribution in [3.8, 4) is 0 Å². The number of benzene rings is 2. The molecule has 1 spiro atoms. The standard InChI is InChI=1S/C37H41BrClN3O7/c1-4-21(2)27(20-43)42-33-35(46)41(26-16-11-10-15-25(26)39)18-12-6-9-17-28(44)40-22(3)31(23-13-7-5-8-14-23)48-36(47)29-30(34(42)45)37(33)19-24(38)32(29)49-37/h5-8,10-16,19,21-22,27,29-33,43H,4,9,17-18,20H2,1-3H3,(H,40,44)/b12-6-/t21-,22+,27-,29-,30+,31-,32-,33-,37+/m0/s1. The number of ether oxygens (including phenoxy) is 2. The number of aliphatic hydroxyl groups excluding tert-OH is 1. The molecule has 0 unspecified atom stereocenters. The number of rotatable bonds is 6. The van der Waals surface area contributed by atoms with Gasteiger partial charge in [-0.05, 0) is 43.0 Å². The van der Waals surface area contributed by atoms with Gasteiger partial charge in [0.05, 0.1) is 35.3 Å². The Kier molecular flexibility index (Phi) is 10.4. The molecule has 2 fully saturated rings. The molecule has 4 heterocycles. The lowest BCUT2D eigenvalue weighted by atomic mass is 9.74. The van der Waals surface area contributed by atoms with Gasteiger partial charge in [0, 0.05) is 17.4 Å². The van der Waals surface area contributed by atoms with Gasteiger partial charge in [-0.1, -0.05) is 102 Å². The van der Waals surface area contributed by atoms with Gasteiger partial charge in [-0.25, -0.2) is 0 Å². The summed E-state index contributed by atoms with van der Waals surface area (Å²) >= 11 is 10.3. The van der Waals surface area contributed by atoms with E-state index in [1.165, 1.54) is 9.80 Å². The van der Waals surface area contributed by atoms with Crippen LogP contribution >= 0.6 is 27.5 Å². The predicted molar refractivity (Wildman–Crippen MR) is 188 cm³/mol. The molecule has 2 aromatic rings. The van der Waals surface area contributed by atoms with Crippen molar-refractivity contribution in [1.82, 2.24) is 10.2 Å². The van der Waals surface area contributed by atoms with Crippen LogP contribution in [0.2, 0.25) is 5.02 Å². The summed E-state index contributed by atoms with van der Waals surface area (Å²) in [5.41, 5.74) is -0.437. The number of halogens is 2. The molecule has 5 bridgehead atoms. The minimum atomic E-state index is -1.54. The highest BCUT2D eigenvalue weighted by atomic mass is 79.9. The summed E-state index contributed by atoms with van der Waals surface area (Å²) in [6.07, 6.45) is 4.80. The van der Waals surface area contributed by atoms with E-state index < -0.39 is 72.2 Å². The number of likely N-dealkylation sites (tertiary alicyclic amines) is 1. The molecule has 4 aliphatic heterocycles. The van der Waals surface area contributed by atoms with Crippen LogP contribution in [0.3, 0.4) is 0 Å². The lowest BCUT2D eigenvalue weighted by Crippen LogP contribution is -2.59. The first kappa shape index (κ1) is 35.3. The number of allylic oxidation sites excluding steroid dienone is 1. The van der Waals surface area contributed by atoms with Gasteiger partial charge >= 0.3 is 5.97 Å². The molecule has 10 nitrogen and oxygen atoms in total. The Morgan fingerprint density at radius 3 is 2.45 bits per heavy atom. The number of nitrogens with one attached hydrogen (secondary N) is 1. The number of anilines is 1. The fraction of sp³-hybridized carbons (Fsp3) is 0.459. The third-order valence-corrected chi connectivity index (χ3v) is 11.3. The van der Waals surface area contributed by atoms with Gasteiger partial charge in [0.1, 0.15) is 29.8 Å². The molecule has 0 saturated carbocycles. The van der Waals surface area contributed by atoms with E-state index in [1.54, 1.807) is 43.3 Å². The molecule has 260 valence electrons. The average molecular weight is 755 g/mol. The summed E-state index contributed by atoms with van der Waals surface area (Å²) < 4.78 is 13.4. The SMILES string of the molecule is CC[C@H](C)[C@H](CO)N1C(=O)[C@H]2[C@@H]3C(=O)O[C@H](c4ccccc4)[C@@H](C)NC(=O)CC/C=C\CN(c4ccccc4Cl)C(=O)[C@H]1[C@@]21C=C(Br)[C@@H]3O1. The van der Waals surface area contributed by atoms with Crippen molar-refractivity contribution in [3.63, 3.8) is 0 Å². The molecule has 2 aromatic carbocycles. The first-order valence-electron chi connectivity index (χ1n) is 16.8. The van der Waals surface area contributed by atoms with Gasteiger partial charge in [-0.15, -0.1) is 0 Å². The van der Waals surface area contributed by atoms with Crippen molar-refractivity contribution in [2.24, 2.45) is 17.8 Å². The Morgan fingerprint density at radius 2 is 1.76 bits per heavy atom. The second-order valence-corrected chi connectivity index (χ2v) is 14.6. The molecule has 49 heavy (non-hydrogen) atoms. The number of aliphatic hydroxyl groups is 1. The maximum atomic E-state index is 15.1. The van der Waals surface area contributed by atoms with Crippen molar-refractivity contribution in [1.29, 1.82) is 0 Å². The summed E-state index contributed by atoms with van der Waals surface area (Å²) in [5.74, 6) is -4.26. The number of esters is 1. The number of carbonyl (C=O) groups excluding carboxylic acids is 4. The first-order chi connectivity index (χ1) is 23.5. The van der Waals surface area contributed by atoms with Crippen LogP contribution in [-0.4, -0.2) is 76.7 Å². The molecule has 3 amide bonds. The minimum absolute atomic E-state index is 0.0862. The van der Waals surface area contributed by atoms with E-state index >= 15 is 4.79 Å². The van der Waals surface area contributed by atoms with Crippen LogP contribution in [-0.2, 0) is 28.7 Å². The number of amides is 3. The fourth-order valence-electron chi connectivity index (χ4n) is 7.72. The molecule has 12 heteroatoms. The molecule has 0 radical (unpaired) electrons. The number of para-hydroxylation sites is 1. The van der Waals surface area contributed by atoms with E-state index in [0.717, 1.165) is 0 Å². The maximum absolute atomic E-state index is 15.1. The zero-order valence-corrected chi connectivity index (χ0v) is 30.0. The quantitative estimate of drug-likeness (QED) is 0.311. The van der Waals surface area contributed by atoms with Crippen molar-refractivity contribution in [2.45, 2.75) is 76.0 Å². The number of hydrogen-bond acceptors (Lipinski definition) is 7. The number of carbonyl (C=O) groups is 4. The summed E-state index contributed by atoms with van der Waals surface area (Å²) in [6, 6.07) is 13.5. The van der Waals surface area contributed by atoms with E-state index in [-0.39, 0.29) is 24.8 Å². The number of nitrogens with zero attached hydrogens (tertiary/aromatic N) is 2. The van der Waals surface area contributed by atoms with Crippen LogP contribution in [0.25, 0.3) is 0 Å². The fourth-order valence-corrected chi connectivity index (χ4v) is 8.70. The zero-order chi connectivity index (χ0) is 35.0. The molecule has 6 rings (SSSR count). The third-order valence-electron chi connectivity index (χ3n) is 10.3. The molecule has 0 aromatic heterocycles. The van der Waals surface area contributed by atoms with Gasteiger partial charge in [0.15, 0.2) is 0 Å². The van der Waals surface area contributed by atoms with E-state index in [1.807, 2.05) is 50.3 Å². The third kappa shape index (κ3) is 6.24. The van der Waals surface area contributed by atoms with Gasteiger partial charge in [-0.3, -0.25) is 19.2 Å². The molecule has 2 saturated heterocycles. The molecular formula is C37H41BrClN3O7. The Bertz CT molecular complexity index is 1670. The second kappa shape index (κ2) is 14.4. The smallest absolute Gasteiger partial charge is 0.313 e. The average Bonchev–Trinajstić information content (AvgIpc) is 3.69. The Balaban J connectivity index is 1.52. The molecular weight excluding hydrogens is 714 g/mol. The maximum Gasteiger partial charge on any atom is 0.313 e. The van der Waals surface area contributed by atoms with Crippen LogP contribution in [0.1, 0.15) is 51.7 Å². The van der Waals surface area contributed by atoms with Gasteiger partial charge in [0.2, 0.25) is 11.8 Å². The van der Waals surface area contributed by atoms with E-state index in [9.17, 15) is 19.5 Å². The van der Waals surface area contributed by atoms with E-state index in [4.69, 9.17) is 21.1 Å². The molecule has 9 atom stereocenters. The summed E-state index contributed by atoms with van der Waals surface area (Å²) in [5, 5.41) is 14.1. The normalized spacial score (nSPS) is 32.3. The summed E-state index contributed by atoms with van der Waals surface area (Å²) in [6.45, 7) is 5.35. The highest BCUT2D eigenvalue weighted by molar-refractivity contribution is 9.11. The predicted octanol–water partition coefficient (Wildman–Crippen LogP) is 5.09. The van der Waals surface area contributed by atoms with Crippen LogP contribution in [0.15, 0.2) is 77.3 Å². The van der Waals surface area contributed by atoms with Crippen molar-refractivity contribution in [3.05, 3.63) is 87.9 Å². The summed E-state index contributed by atoms with van der Waals surface area (Å²) in [7, 11) is 0. The van der Waals surface area contributed by atoms with E-state index in [0.29, 0.717) is 33.6 Å². The lowest BCUT2D eigenvalue weighted by Gasteiger charge is -2.40. The number of hydrogen-bond donors (Lipinski definition) is 2. The molecule has 2 N–H and O–H groups in total. The zero-order valence-electron chi connectivity index (χ0n) is 27.6. The summed E-state index contributed by atoms with van der Waals surface area (Å²) in [4.78, 5) is 60.4. The first-order valence-corrected chi connectivity index (χ1v) is 18.0. The van der Waals surface area contributed by atoms with Gasteiger partial charge < -0.3 is 29.7 Å². The van der Waals surface area contributed by atoms with E-state index in [2.05, 4.69) is 21.2 Å². The molecule has 0 aliphatic carbocycles. The highest BCUT2D eigenvalue weighted by Crippen LogP contribution is 2.60.